The van der Waals surface area contributed by atoms with Gasteiger partial charge in [0.25, 0.3) is 11.8 Å². The van der Waals surface area contributed by atoms with Gasteiger partial charge in [-0.2, -0.15) is 10.3 Å². The topological polar surface area (TPSA) is 73.5 Å². The monoisotopic (exact) mass is 291 g/mol. The predicted molar refractivity (Wildman–Crippen MR) is 76.0 cm³/mol. The summed E-state index contributed by atoms with van der Waals surface area (Å²) in [4.78, 5) is 28.9. The van der Waals surface area contributed by atoms with Crippen molar-refractivity contribution in [3.63, 3.8) is 0 Å². The lowest BCUT2D eigenvalue weighted by Crippen LogP contribution is -2.29. The fourth-order valence-corrected chi connectivity index (χ4v) is 2.99. The minimum absolute atomic E-state index is 0.160. The zero-order valence-electron chi connectivity index (χ0n) is 9.99. The molecule has 2 amide bonds. The standard InChI is InChI=1S/C12H9N3O2S2/c1-18-12(14-6-13)19-7-15-10(16)8-4-2-3-5-9(8)11(15)17/h2-5H,7H2,1H3. The van der Waals surface area contributed by atoms with Crippen molar-refractivity contribution in [3.05, 3.63) is 35.4 Å². The lowest BCUT2D eigenvalue weighted by Gasteiger charge is -2.12. The van der Waals surface area contributed by atoms with Gasteiger partial charge in [0.2, 0.25) is 6.19 Å². The highest BCUT2D eigenvalue weighted by atomic mass is 32.2. The molecule has 0 unspecified atom stereocenters. The second kappa shape index (κ2) is 5.91. The van der Waals surface area contributed by atoms with Crippen LogP contribution in [0.2, 0.25) is 0 Å². The van der Waals surface area contributed by atoms with Crippen molar-refractivity contribution in [2.75, 3.05) is 12.1 Å². The fraction of sp³-hybridized carbons (Fsp3) is 0.167. The van der Waals surface area contributed by atoms with E-state index in [0.29, 0.717) is 15.5 Å². The van der Waals surface area contributed by atoms with Crippen LogP contribution in [0.15, 0.2) is 29.3 Å². The summed E-state index contributed by atoms with van der Waals surface area (Å²) in [7, 11) is 0. The lowest BCUT2D eigenvalue weighted by atomic mass is 10.1. The molecule has 0 radical (unpaired) electrons. The van der Waals surface area contributed by atoms with Gasteiger partial charge in [-0.15, -0.1) is 11.8 Å². The van der Waals surface area contributed by atoms with E-state index in [-0.39, 0.29) is 17.7 Å². The molecular weight excluding hydrogens is 282 g/mol. The highest BCUT2D eigenvalue weighted by Crippen LogP contribution is 2.25. The number of carbonyl (C=O) groups is 2. The third-order valence-corrected chi connectivity index (χ3v) is 4.53. The summed E-state index contributed by atoms with van der Waals surface area (Å²) < 4.78 is 0.527. The van der Waals surface area contributed by atoms with Crippen LogP contribution >= 0.6 is 23.5 Å². The van der Waals surface area contributed by atoms with Crippen LogP contribution in [0.4, 0.5) is 0 Å². The highest BCUT2D eigenvalue weighted by molar-refractivity contribution is 8.38. The minimum Gasteiger partial charge on any atom is -0.269 e. The molecule has 0 aromatic heterocycles. The number of hydrogen-bond acceptors (Lipinski definition) is 6. The van der Waals surface area contributed by atoms with Crippen molar-refractivity contribution in [1.29, 1.82) is 5.26 Å². The van der Waals surface area contributed by atoms with Gasteiger partial charge >= 0.3 is 0 Å². The normalized spacial score (nSPS) is 14.5. The molecule has 1 heterocycles. The molecule has 0 bridgehead atoms. The summed E-state index contributed by atoms with van der Waals surface area (Å²) in [5.74, 6) is -0.440. The van der Waals surface area contributed by atoms with Gasteiger partial charge in [0.15, 0.2) is 0 Å². The molecule has 1 aromatic carbocycles. The van der Waals surface area contributed by atoms with E-state index < -0.39 is 0 Å². The SMILES string of the molecule is CSC(=NC#N)SCN1C(=O)c2ccccc2C1=O. The molecule has 19 heavy (non-hydrogen) atoms. The van der Waals surface area contributed by atoms with Crippen molar-refractivity contribution in [1.82, 2.24) is 4.90 Å². The Morgan fingerprint density at radius 3 is 2.37 bits per heavy atom. The van der Waals surface area contributed by atoms with Gasteiger partial charge in [0.1, 0.15) is 4.38 Å². The van der Waals surface area contributed by atoms with Gasteiger partial charge in [-0.25, -0.2) is 0 Å². The highest BCUT2D eigenvalue weighted by Gasteiger charge is 2.35. The maximum atomic E-state index is 12.0. The van der Waals surface area contributed by atoms with Crippen molar-refractivity contribution in [2.45, 2.75) is 0 Å². The Labute approximate surface area is 118 Å². The first-order valence-corrected chi connectivity index (χ1v) is 7.49. The molecule has 5 nitrogen and oxygen atoms in total. The van der Waals surface area contributed by atoms with E-state index in [1.54, 1.807) is 36.7 Å². The van der Waals surface area contributed by atoms with Gasteiger partial charge in [-0.05, 0) is 18.4 Å². The number of rotatable bonds is 2. The molecule has 0 aliphatic carbocycles. The van der Waals surface area contributed by atoms with Gasteiger partial charge in [-0.1, -0.05) is 23.9 Å². The molecule has 96 valence electrons. The average Bonchev–Trinajstić information content (AvgIpc) is 2.68. The zero-order chi connectivity index (χ0) is 13.8. The van der Waals surface area contributed by atoms with Crippen LogP contribution in [0.1, 0.15) is 20.7 Å². The van der Waals surface area contributed by atoms with Crippen LogP contribution in [-0.2, 0) is 0 Å². The first kappa shape index (κ1) is 13.6. The summed E-state index contributed by atoms with van der Waals surface area (Å²) in [5.41, 5.74) is 0.854. The van der Waals surface area contributed by atoms with Crippen molar-refractivity contribution in [2.24, 2.45) is 4.99 Å². The molecule has 0 spiro atoms. The number of imide groups is 1. The Bertz CT molecular complexity index is 572. The van der Waals surface area contributed by atoms with Gasteiger partial charge in [0, 0.05) is 0 Å². The lowest BCUT2D eigenvalue weighted by molar-refractivity contribution is 0.0684. The van der Waals surface area contributed by atoms with E-state index in [1.807, 2.05) is 0 Å². The summed E-state index contributed by atoms with van der Waals surface area (Å²) in [6.45, 7) is 0. The van der Waals surface area contributed by atoms with E-state index >= 15 is 0 Å². The molecular formula is C12H9N3O2S2. The van der Waals surface area contributed by atoms with Crippen LogP contribution in [0.5, 0.6) is 0 Å². The molecule has 1 aliphatic heterocycles. The second-order valence-corrected chi connectivity index (χ2v) is 5.53. The quantitative estimate of drug-likeness (QED) is 0.361. The molecule has 0 saturated carbocycles. The summed E-state index contributed by atoms with van der Waals surface area (Å²) >= 11 is 2.50. The summed E-state index contributed by atoms with van der Waals surface area (Å²) in [6, 6.07) is 6.73. The number of nitriles is 1. The molecule has 2 rings (SSSR count). The first-order chi connectivity index (χ1) is 9.19. The largest absolute Gasteiger partial charge is 0.269 e. The Morgan fingerprint density at radius 2 is 1.89 bits per heavy atom. The van der Waals surface area contributed by atoms with Crippen LogP contribution in [0, 0.1) is 11.5 Å². The number of thioether (sulfide) groups is 2. The van der Waals surface area contributed by atoms with Crippen LogP contribution < -0.4 is 0 Å². The Kier molecular flexibility index (Phi) is 4.24. The van der Waals surface area contributed by atoms with Gasteiger partial charge in [0.05, 0.1) is 17.0 Å². The number of benzene rings is 1. The number of nitrogens with zero attached hydrogens (tertiary/aromatic N) is 3. The third-order valence-electron chi connectivity index (χ3n) is 2.51. The van der Waals surface area contributed by atoms with E-state index in [1.165, 1.54) is 28.4 Å². The molecule has 0 N–H and O–H groups in total. The minimum atomic E-state index is -0.300. The maximum Gasteiger partial charge on any atom is 0.262 e. The first-order valence-electron chi connectivity index (χ1n) is 5.28. The smallest absolute Gasteiger partial charge is 0.262 e. The van der Waals surface area contributed by atoms with E-state index in [2.05, 4.69) is 4.99 Å². The van der Waals surface area contributed by atoms with E-state index in [4.69, 9.17) is 5.26 Å². The molecule has 0 saturated heterocycles. The van der Waals surface area contributed by atoms with E-state index in [0.717, 1.165) is 0 Å². The third kappa shape index (κ3) is 2.64. The number of carbonyl (C=O) groups excluding carboxylic acids is 2. The average molecular weight is 291 g/mol. The molecule has 1 aromatic rings. The van der Waals surface area contributed by atoms with Crippen LogP contribution in [-0.4, -0.2) is 33.2 Å². The van der Waals surface area contributed by atoms with Crippen molar-refractivity contribution in [3.8, 4) is 6.19 Å². The Morgan fingerprint density at radius 1 is 1.32 bits per heavy atom. The summed E-state index contributed by atoms with van der Waals surface area (Å²) in [6.07, 6.45) is 3.47. The van der Waals surface area contributed by atoms with Crippen LogP contribution in [0.3, 0.4) is 0 Å². The molecule has 0 fully saturated rings. The fourth-order valence-electron chi connectivity index (χ4n) is 1.65. The Hall–Kier alpha value is -1.78. The number of aliphatic imine (C=N–C) groups is 1. The number of fused-ring (bicyclic) bond motifs is 1. The number of hydrogen-bond donors (Lipinski definition) is 0. The van der Waals surface area contributed by atoms with Gasteiger partial charge in [-0.3, -0.25) is 14.5 Å². The Balaban J connectivity index is 2.13. The van der Waals surface area contributed by atoms with E-state index in [9.17, 15) is 9.59 Å². The molecule has 1 aliphatic rings. The van der Waals surface area contributed by atoms with Crippen LogP contribution in [0.25, 0.3) is 0 Å². The van der Waals surface area contributed by atoms with Crippen molar-refractivity contribution < 1.29 is 9.59 Å². The second-order valence-electron chi connectivity index (χ2n) is 3.54. The molecule has 0 atom stereocenters. The molecule has 7 heteroatoms. The maximum absolute atomic E-state index is 12.0. The number of amides is 2. The van der Waals surface area contributed by atoms with Gasteiger partial charge < -0.3 is 0 Å². The van der Waals surface area contributed by atoms with Crippen molar-refractivity contribution >= 4 is 39.7 Å². The summed E-state index contributed by atoms with van der Waals surface area (Å²) in [5, 5.41) is 8.49. The zero-order valence-corrected chi connectivity index (χ0v) is 11.6. The predicted octanol–water partition coefficient (Wildman–Crippen LogP) is 2.17.